The number of hydrogen-bond acceptors (Lipinski definition) is 7. The standard InChI is InChI=1S/C27H31BrN4O5/c1-29-27(34)21-13-26(33)32(23-12-19(35-2)3-4-20(21)23)10-9-31-7-5-18(6-8-31)30-15-17-11-24-25(14-22(17)28)37-16-36-24/h3-4,11-14,18,30H,5-10,15-16H2,1-2H3,(H,29,34). The molecule has 1 fully saturated rings. The summed E-state index contributed by atoms with van der Waals surface area (Å²) in [6, 6.07) is 11.3. The molecule has 10 heteroatoms. The monoisotopic (exact) mass is 570 g/mol. The minimum atomic E-state index is -0.276. The highest BCUT2D eigenvalue weighted by Gasteiger charge is 2.21. The smallest absolute Gasteiger partial charge is 0.251 e. The number of carbonyl (C=O) groups is 1. The van der Waals surface area contributed by atoms with Gasteiger partial charge in [-0.3, -0.25) is 9.59 Å². The summed E-state index contributed by atoms with van der Waals surface area (Å²) in [6.45, 7) is 4.22. The van der Waals surface area contributed by atoms with Gasteiger partial charge in [0.1, 0.15) is 5.75 Å². The van der Waals surface area contributed by atoms with Crippen molar-refractivity contribution >= 4 is 32.7 Å². The molecule has 0 aliphatic carbocycles. The van der Waals surface area contributed by atoms with Crippen LogP contribution in [0.1, 0.15) is 28.8 Å². The maximum absolute atomic E-state index is 13.0. The highest BCUT2D eigenvalue weighted by molar-refractivity contribution is 9.10. The molecular formula is C27H31BrN4O5. The molecule has 3 aromatic rings. The Hall–Kier alpha value is -3.08. The zero-order chi connectivity index (χ0) is 25.9. The summed E-state index contributed by atoms with van der Waals surface area (Å²) in [5.41, 5.74) is 2.04. The van der Waals surface area contributed by atoms with Crippen LogP contribution in [-0.4, -0.2) is 62.0 Å². The molecule has 0 spiro atoms. The maximum atomic E-state index is 13.0. The van der Waals surface area contributed by atoms with Crippen LogP contribution in [0.2, 0.25) is 0 Å². The molecule has 37 heavy (non-hydrogen) atoms. The Bertz CT molecular complexity index is 1370. The minimum absolute atomic E-state index is 0.190. The van der Waals surface area contributed by atoms with E-state index in [1.54, 1.807) is 18.7 Å². The Morgan fingerprint density at radius 1 is 1.11 bits per heavy atom. The van der Waals surface area contributed by atoms with Gasteiger partial charge in [0.25, 0.3) is 11.5 Å². The fourth-order valence-electron chi connectivity index (χ4n) is 4.99. The van der Waals surface area contributed by atoms with Crippen molar-refractivity contribution in [1.29, 1.82) is 0 Å². The van der Waals surface area contributed by atoms with Crippen molar-refractivity contribution < 1.29 is 19.0 Å². The molecule has 2 N–H and O–H groups in total. The average molecular weight is 571 g/mol. The van der Waals surface area contributed by atoms with Gasteiger partial charge in [0.05, 0.1) is 18.2 Å². The predicted molar refractivity (Wildman–Crippen MR) is 145 cm³/mol. The van der Waals surface area contributed by atoms with Crippen molar-refractivity contribution in [3.8, 4) is 17.2 Å². The Balaban J connectivity index is 1.21. The van der Waals surface area contributed by atoms with E-state index in [0.29, 0.717) is 29.4 Å². The Labute approximate surface area is 223 Å². The summed E-state index contributed by atoms with van der Waals surface area (Å²) in [5, 5.41) is 7.03. The second-order valence-corrected chi connectivity index (χ2v) is 10.2. The number of ether oxygens (including phenoxy) is 3. The fraction of sp³-hybridized carbons (Fsp3) is 0.407. The first kappa shape index (κ1) is 25.6. The Kier molecular flexibility index (Phi) is 7.68. The maximum Gasteiger partial charge on any atom is 0.251 e. The molecule has 2 aromatic carbocycles. The number of halogens is 1. The van der Waals surface area contributed by atoms with Crippen LogP contribution in [-0.2, 0) is 13.1 Å². The van der Waals surface area contributed by atoms with Crippen LogP contribution >= 0.6 is 15.9 Å². The highest BCUT2D eigenvalue weighted by atomic mass is 79.9. The van der Waals surface area contributed by atoms with Crippen molar-refractivity contribution in [2.24, 2.45) is 0 Å². The van der Waals surface area contributed by atoms with Gasteiger partial charge >= 0.3 is 0 Å². The van der Waals surface area contributed by atoms with E-state index in [-0.39, 0.29) is 18.3 Å². The summed E-state index contributed by atoms with van der Waals surface area (Å²) in [5.74, 6) is 1.94. The fourth-order valence-corrected chi connectivity index (χ4v) is 5.45. The lowest BCUT2D eigenvalue weighted by Gasteiger charge is -2.32. The van der Waals surface area contributed by atoms with Crippen LogP contribution in [0.25, 0.3) is 10.9 Å². The van der Waals surface area contributed by atoms with Gasteiger partial charge in [-0.15, -0.1) is 0 Å². The number of benzene rings is 2. The normalized spacial score (nSPS) is 15.8. The van der Waals surface area contributed by atoms with E-state index in [1.165, 1.54) is 6.07 Å². The van der Waals surface area contributed by atoms with Crippen LogP contribution in [0, 0.1) is 0 Å². The zero-order valence-electron chi connectivity index (χ0n) is 21.0. The SMILES string of the molecule is CNC(=O)c1cc(=O)n(CCN2CCC(NCc3cc4c(cc3Br)OCO4)CC2)c2cc(OC)ccc12. The number of carbonyl (C=O) groups excluding carboxylic acids is 1. The molecule has 0 saturated carbocycles. The number of rotatable bonds is 8. The summed E-state index contributed by atoms with van der Waals surface area (Å²) in [6.07, 6.45) is 2.06. The largest absolute Gasteiger partial charge is 0.497 e. The number of amides is 1. The molecular weight excluding hydrogens is 540 g/mol. The van der Waals surface area contributed by atoms with Gasteiger partial charge in [0.2, 0.25) is 6.79 Å². The molecule has 1 saturated heterocycles. The average Bonchev–Trinajstić information content (AvgIpc) is 3.37. The second kappa shape index (κ2) is 11.1. The van der Waals surface area contributed by atoms with E-state index in [4.69, 9.17) is 14.2 Å². The van der Waals surface area contributed by atoms with Gasteiger partial charge in [-0.05, 0) is 55.8 Å². The first-order valence-corrected chi connectivity index (χ1v) is 13.2. The van der Waals surface area contributed by atoms with Crippen molar-refractivity contribution in [3.63, 3.8) is 0 Å². The number of piperidine rings is 1. The van der Waals surface area contributed by atoms with Crippen molar-refractivity contribution in [2.75, 3.05) is 40.6 Å². The lowest BCUT2D eigenvalue weighted by molar-refractivity contribution is 0.0964. The van der Waals surface area contributed by atoms with Crippen LogP contribution in [0.4, 0.5) is 0 Å². The lowest BCUT2D eigenvalue weighted by atomic mass is 10.0. The summed E-state index contributed by atoms with van der Waals surface area (Å²) < 4.78 is 19.1. The third kappa shape index (κ3) is 5.46. The molecule has 0 atom stereocenters. The summed E-state index contributed by atoms with van der Waals surface area (Å²) in [4.78, 5) is 27.8. The molecule has 2 aliphatic rings. The third-order valence-electron chi connectivity index (χ3n) is 7.14. The Morgan fingerprint density at radius 2 is 1.86 bits per heavy atom. The molecule has 0 bridgehead atoms. The van der Waals surface area contributed by atoms with E-state index in [2.05, 4.69) is 31.5 Å². The van der Waals surface area contributed by atoms with E-state index in [1.807, 2.05) is 30.3 Å². The van der Waals surface area contributed by atoms with E-state index in [9.17, 15) is 9.59 Å². The molecule has 196 valence electrons. The Morgan fingerprint density at radius 3 is 2.59 bits per heavy atom. The van der Waals surface area contributed by atoms with Gasteiger partial charge in [-0.2, -0.15) is 0 Å². The first-order valence-electron chi connectivity index (χ1n) is 12.4. The van der Waals surface area contributed by atoms with Gasteiger partial charge in [-0.25, -0.2) is 0 Å². The van der Waals surface area contributed by atoms with Gasteiger partial charge in [0, 0.05) is 54.7 Å². The lowest BCUT2D eigenvalue weighted by Crippen LogP contribution is -2.43. The van der Waals surface area contributed by atoms with Crippen molar-refractivity contribution in [1.82, 2.24) is 20.1 Å². The van der Waals surface area contributed by atoms with Crippen molar-refractivity contribution in [2.45, 2.75) is 32.0 Å². The number of nitrogens with zero attached hydrogens (tertiary/aromatic N) is 2. The second-order valence-electron chi connectivity index (χ2n) is 9.30. The number of pyridine rings is 1. The number of methoxy groups -OCH3 is 1. The van der Waals surface area contributed by atoms with Crippen LogP contribution < -0.4 is 30.4 Å². The molecule has 1 aromatic heterocycles. The summed E-state index contributed by atoms with van der Waals surface area (Å²) in [7, 11) is 3.16. The third-order valence-corrected chi connectivity index (χ3v) is 7.88. The van der Waals surface area contributed by atoms with E-state index in [0.717, 1.165) is 65.9 Å². The van der Waals surface area contributed by atoms with E-state index >= 15 is 0 Å². The molecule has 3 heterocycles. The number of likely N-dealkylation sites (tertiary alicyclic amines) is 1. The highest BCUT2D eigenvalue weighted by Crippen LogP contribution is 2.37. The van der Waals surface area contributed by atoms with Gasteiger partial charge in [0.15, 0.2) is 11.5 Å². The number of aromatic nitrogens is 1. The molecule has 0 radical (unpaired) electrons. The van der Waals surface area contributed by atoms with Crippen LogP contribution in [0.15, 0.2) is 45.7 Å². The topological polar surface area (TPSA) is 94.1 Å². The number of nitrogens with one attached hydrogen (secondary N) is 2. The van der Waals surface area contributed by atoms with Crippen LogP contribution in [0.5, 0.6) is 17.2 Å². The molecule has 1 amide bonds. The first-order chi connectivity index (χ1) is 18.0. The minimum Gasteiger partial charge on any atom is -0.497 e. The van der Waals surface area contributed by atoms with Gasteiger partial charge < -0.3 is 34.3 Å². The zero-order valence-corrected chi connectivity index (χ0v) is 22.6. The van der Waals surface area contributed by atoms with Crippen LogP contribution in [0.3, 0.4) is 0 Å². The number of fused-ring (bicyclic) bond motifs is 2. The van der Waals surface area contributed by atoms with E-state index < -0.39 is 0 Å². The molecule has 2 aliphatic heterocycles. The summed E-state index contributed by atoms with van der Waals surface area (Å²) >= 11 is 3.63. The van der Waals surface area contributed by atoms with Crippen molar-refractivity contribution in [3.05, 3.63) is 62.4 Å². The quantitative estimate of drug-likeness (QED) is 0.429. The van der Waals surface area contributed by atoms with Gasteiger partial charge in [-0.1, -0.05) is 15.9 Å². The molecule has 5 rings (SSSR count). The predicted octanol–water partition coefficient (Wildman–Crippen LogP) is 3.12. The number of hydrogen-bond donors (Lipinski definition) is 2. The molecule has 9 nitrogen and oxygen atoms in total. The molecule has 0 unspecified atom stereocenters.